The van der Waals surface area contributed by atoms with Crippen molar-refractivity contribution in [2.45, 2.75) is 31.2 Å². The Kier molecular flexibility index (Phi) is 6.13. The number of benzene rings is 1. The number of carboxylic acids is 1. The minimum Gasteiger partial charge on any atom is -0.494 e. The van der Waals surface area contributed by atoms with Crippen molar-refractivity contribution in [3.05, 3.63) is 23.8 Å². The van der Waals surface area contributed by atoms with Crippen LogP contribution in [-0.4, -0.2) is 43.9 Å². The maximum absolute atomic E-state index is 12.1. The Bertz CT molecular complexity index is 599. The molecule has 21 heavy (non-hydrogen) atoms. The monoisotopic (exact) mass is 317 g/mol. The molecule has 118 valence electrons. The Balaban J connectivity index is 3.02. The number of aryl methyl sites for hydroxylation is 1. The minimum absolute atomic E-state index is 0.0485. The van der Waals surface area contributed by atoms with E-state index in [1.807, 2.05) is 6.92 Å². The van der Waals surface area contributed by atoms with Crippen molar-refractivity contribution in [1.29, 1.82) is 0 Å². The van der Waals surface area contributed by atoms with Gasteiger partial charge in [-0.05, 0) is 44.0 Å². The Morgan fingerprint density at radius 2 is 2.10 bits per heavy atom. The second kappa shape index (κ2) is 7.39. The van der Waals surface area contributed by atoms with Gasteiger partial charge in [0.25, 0.3) is 0 Å². The fourth-order valence-electron chi connectivity index (χ4n) is 1.72. The largest absolute Gasteiger partial charge is 0.494 e. The van der Waals surface area contributed by atoms with Gasteiger partial charge < -0.3 is 14.9 Å². The number of aliphatic hydroxyl groups is 1. The van der Waals surface area contributed by atoms with E-state index in [-0.39, 0.29) is 11.3 Å². The normalized spacial score (nSPS) is 12.9. The van der Waals surface area contributed by atoms with Gasteiger partial charge in [-0.1, -0.05) is 0 Å². The van der Waals surface area contributed by atoms with Crippen molar-refractivity contribution in [2.24, 2.45) is 0 Å². The van der Waals surface area contributed by atoms with Gasteiger partial charge in [0.15, 0.2) is 0 Å². The quantitative estimate of drug-likeness (QED) is 0.644. The lowest BCUT2D eigenvalue weighted by Gasteiger charge is -2.15. The van der Waals surface area contributed by atoms with E-state index in [4.69, 9.17) is 14.9 Å². The molecule has 0 amide bonds. The highest BCUT2D eigenvalue weighted by Crippen LogP contribution is 2.22. The van der Waals surface area contributed by atoms with E-state index < -0.39 is 28.6 Å². The first-order valence-electron chi connectivity index (χ1n) is 6.41. The van der Waals surface area contributed by atoms with Crippen molar-refractivity contribution in [3.8, 4) is 5.75 Å². The Morgan fingerprint density at radius 3 is 2.57 bits per heavy atom. The number of aliphatic carboxylic acids is 1. The van der Waals surface area contributed by atoms with E-state index in [9.17, 15) is 13.2 Å². The second-order valence-electron chi connectivity index (χ2n) is 4.38. The van der Waals surface area contributed by atoms with E-state index in [0.29, 0.717) is 17.9 Å². The Hall–Kier alpha value is -1.64. The van der Waals surface area contributed by atoms with Gasteiger partial charge in [0, 0.05) is 6.61 Å². The number of sulfonamides is 1. The minimum atomic E-state index is -3.98. The lowest BCUT2D eigenvalue weighted by atomic mass is 10.2. The predicted molar refractivity (Wildman–Crippen MR) is 75.8 cm³/mol. The molecule has 0 heterocycles. The van der Waals surface area contributed by atoms with Crippen LogP contribution >= 0.6 is 0 Å². The first-order chi connectivity index (χ1) is 9.81. The molecular formula is C13H19NO6S. The smallest absolute Gasteiger partial charge is 0.321 e. The van der Waals surface area contributed by atoms with Gasteiger partial charge in [-0.3, -0.25) is 4.79 Å². The van der Waals surface area contributed by atoms with Crippen LogP contribution in [0.1, 0.15) is 18.9 Å². The van der Waals surface area contributed by atoms with Gasteiger partial charge in [0.1, 0.15) is 11.8 Å². The summed E-state index contributed by atoms with van der Waals surface area (Å²) in [4.78, 5) is 10.9. The fraction of sp³-hybridized carbons (Fsp3) is 0.462. The average molecular weight is 317 g/mol. The highest BCUT2D eigenvalue weighted by Gasteiger charge is 2.25. The molecule has 0 bridgehead atoms. The first-order valence-corrected chi connectivity index (χ1v) is 7.89. The number of hydrogen-bond donors (Lipinski definition) is 3. The van der Waals surface area contributed by atoms with Gasteiger partial charge in [-0.25, -0.2) is 8.42 Å². The van der Waals surface area contributed by atoms with Gasteiger partial charge in [0.05, 0.1) is 11.5 Å². The molecular weight excluding hydrogens is 298 g/mol. The highest BCUT2D eigenvalue weighted by molar-refractivity contribution is 7.89. The predicted octanol–water partition coefficient (Wildman–Crippen LogP) is 0.508. The third-order valence-corrected chi connectivity index (χ3v) is 4.24. The fourth-order valence-corrected chi connectivity index (χ4v) is 3.03. The number of rotatable bonds is 8. The Morgan fingerprint density at radius 1 is 1.43 bits per heavy atom. The van der Waals surface area contributed by atoms with Gasteiger partial charge >= 0.3 is 5.97 Å². The number of carbonyl (C=O) groups is 1. The summed E-state index contributed by atoms with van der Waals surface area (Å²) in [6.07, 6.45) is -0.204. The van der Waals surface area contributed by atoms with Crippen LogP contribution in [0.4, 0.5) is 0 Å². The summed E-state index contributed by atoms with van der Waals surface area (Å²) in [5, 5.41) is 17.7. The maximum Gasteiger partial charge on any atom is 0.321 e. The maximum atomic E-state index is 12.1. The van der Waals surface area contributed by atoms with Crippen LogP contribution in [0.5, 0.6) is 5.75 Å². The number of ether oxygens (including phenoxy) is 1. The van der Waals surface area contributed by atoms with Crippen LogP contribution in [0.15, 0.2) is 23.1 Å². The molecule has 0 aliphatic carbocycles. The van der Waals surface area contributed by atoms with Crippen molar-refractivity contribution in [2.75, 3.05) is 13.2 Å². The summed E-state index contributed by atoms with van der Waals surface area (Å²) in [7, 11) is -3.98. The van der Waals surface area contributed by atoms with Crippen LogP contribution in [0.25, 0.3) is 0 Å². The zero-order valence-corrected chi connectivity index (χ0v) is 12.7. The molecule has 0 saturated carbocycles. The van der Waals surface area contributed by atoms with Gasteiger partial charge in [-0.2, -0.15) is 4.72 Å². The van der Waals surface area contributed by atoms with E-state index in [0.717, 1.165) is 0 Å². The molecule has 1 atom stereocenters. The summed E-state index contributed by atoms with van der Waals surface area (Å²) >= 11 is 0. The molecule has 0 radical (unpaired) electrons. The van der Waals surface area contributed by atoms with E-state index >= 15 is 0 Å². The van der Waals surface area contributed by atoms with E-state index in [1.54, 1.807) is 6.92 Å². The van der Waals surface area contributed by atoms with Crippen molar-refractivity contribution in [3.63, 3.8) is 0 Å². The summed E-state index contributed by atoms with van der Waals surface area (Å²) in [5.41, 5.74) is 0.633. The molecule has 1 aromatic rings. The van der Waals surface area contributed by atoms with Crippen molar-refractivity contribution in [1.82, 2.24) is 4.72 Å². The lowest BCUT2D eigenvalue weighted by molar-refractivity contribution is -0.139. The molecule has 0 aliphatic heterocycles. The summed E-state index contributed by atoms with van der Waals surface area (Å²) < 4.78 is 31.7. The first kappa shape index (κ1) is 17.4. The van der Waals surface area contributed by atoms with Crippen molar-refractivity contribution < 1.29 is 28.2 Å². The van der Waals surface area contributed by atoms with E-state index in [2.05, 4.69) is 4.72 Å². The van der Waals surface area contributed by atoms with Crippen LogP contribution in [0.2, 0.25) is 0 Å². The molecule has 0 saturated heterocycles. The molecule has 1 rings (SSSR count). The molecule has 1 aromatic carbocycles. The molecule has 8 heteroatoms. The van der Waals surface area contributed by atoms with Gasteiger partial charge in [0.2, 0.25) is 10.0 Å². The number of hydrogen-bond acceptors (Lipinski definition) is 5. The summed E-state index contributed by atoms with van der Waals surface area (Å²) in [6, 6.07) is 2.91. The van der Waals surface area contributed by atoms with Gasteiger partial charge in [-0.15, -0.1) is 0 Å². The summed E-state index contributed by atoms with van der Waals surface area (Å²) in [5.74, 6) is -0.767. The molecule has 0 aliphatic rings. The Labute approximate surface area is 123 Å². The highest BCUT2D eigenvalue weighted by atomic mass is 32.2. The van der Waals surface area contributed by atoms with Crippen LogP contribution in [0.3, 0.4) is 0 Å². The zero-order chi connectivity index (χ0) is 16.0. The second-order valence-corrected chi connectivity index (χ2v) is 6.10. The topological polar surface area (TPSA) is 113 Å². The number of aliphatic hydroxyl groups excluding tert-OH is 1. The van der Waals surface area contributed by atoms with Crippen LogP contribution < -0.4 is 9.46 Å². The third-order valence-electron chi connectivity index (χ3n) is 2.77. The zero-order valence-electron chi connectivity index (χ0n) is 11.9. The number of nitrogens with one attached hydrogen (secondary N) is 1. The molecule has 0 fully saturated rings. The molecule has 7 nitrogen and oxygen atoms in total. The van der Waals surface area contributed by atoms with Crippen LogP contribution in [-0.2, 0) is 14.8 Å². The van der Waals surface area contributed by atoms with E-state index in [1.165, 1.54) is 18.2 Å². The lowest BCUT2D eigenvalue weighted by Crippen LogP contribution is -2.41. The molecule has 0 unspecified atom stereocenters. The summed E-state index contributed by atoms with van der Waals surface area (Å²) in [6.45, 7) is 3.55. The standard InChI is InChI=1S/C13H19NO6S/c1-3-20-12-5-4-10(8-9(12)2)21(18,19)14-11(6-7-15)13(16)17/h4-5,8,11,14-15H,3,6-7H2,1-2H3,(H,16,17)/t11-/m1/s1. The number of carboxylic acid groups (broad SMARTS) is 1. The van der Waals surface area contributed by atoms with Crippen LogP contribution in [0, 0.1) is 6.92 Å². The average Bonchev–Trinajstić information content (AvgIpc) is 2.40. The van der Waals surface area contributed by atoms with Crippen molar-refractivity contribution >= 4 is 16.0 Å². The third kappa shape index (κ3) is 4.69. The SMILES string of the molecule is CCOc1ccc(S(=O)(=O)N[C@H](CCO)C(=O)O)cc1C. The molecule has 0 spiro atoms. The molecule has 0 aromatic heterocycles. The molecule has 3 N–H and O–H groups in total.